The number of hydrogen-bond acceptors (Lipinski definition) is 31. The number of fused-ring (bicyclic) bond motifs is 7. The Hall–Kier alpha value is -8.14. The summed E-state index contributed by atoms with van der Waals surface area (Å²) in [7, 11) is 0. The number of aromatic amines is 7. The summed E-state index contributed by atoms with van der Waals surface area (Å²) in [4.78, 5) is 82.9. The molecule has 16 rings (SSSR count). The highest BCUT2D eigenvalue weighted by molar-refractivity contribution is 5.82. The van der Waals surface area contributed by atoms with E-state index in [0.717, 1.165) is 0 Å². The van der Waals surface area contributed by atoms with Crippen LogP contribution in [0, 0.1) is 0 Å². The van der Waals surface area contributed by atoms with E-state index < -0.39 is 91.6 Å². The fourth-order valence-electron chi connectivity index (χ4n) is 12.9. The first-order valence-electron chi connectivity index (χ1n) is 29.1. The Labute approximate surface area is 512 Å². The Bertz CT molecular complexity index is 4030. The van der Waals surface area contributed by atoms with Gasteiger partial charge >= 0.3 is 0 Å². The van der Waals surface area contributed by atoms with Crippen LogP contribution >= 0.6 is 0 Å². The molecule has 4 aliphatic carbocycles. The maximum absolute atomic E-state index is 12.5. The number of H-pyrrole nitrogens is 7. The molecule has 12 heterocycles. The fourth-order valence-corrected chi connectivity index (χ4v) is 12.9. The van der Waals surface area contributed by atoms with Crippen molar-refractivity contribution >= 4 is 67.9 Å². The number of anilines is 4. The summed E-state index contributed by atoms with van der Waals surface area (Å²) in [6, 6.07) is -1.57. The minimum absolute atomic E-state index is 0.0532. The number of rotatable bonds is 14. The Balaban J connectivity index is 0.000000113. The average molecular weight is 1290 g/mol. The van der Waals surface area contributed by atoms with Crippen molar-refractivity contribution in [3.05, 3.63) is 101 Å². The summed E-state index contributed by atoms with van der Waals surface area (Å²) >= 11 is 0. The highest BCUT2D eigenvalue weighted by atomic mass is 16.6. The van der Waals surface area contributed by atoms with Gasteiger partial charge in [0.1, 0.15) is 115 Å². The lowest BCUT2D eigenvalue weighted by Crippen LogP contribution is -2.44. The number of aliphatic hydroxyl groups excluding tert-OH is 11. The maximum Gasteiger partial charge on any atom is 0.262 e. The molecule has 0 spiro atoms. The third-order valence-corrected chi connectivity index (χ3v) is 17.8. The topological polar surface area (TPSA) is 657 Å². The fraction of sp³-hybridized carbons (Fsp3) is 0.509. The van der Waals surface area contributed by atoms with Crippen LogP contribution in [0.5, 0.6) is 0 Å². The molecule has 22 atom stereocenters. The molecule has 0 amide bonds. The van der Waals surface area contributed by atoms with Gasteiger partial charge in [0.15, 0.2) is 11.9 Å². The van der Waals surface area contributed by atoms with Gasteiger partial charge in [0.05, 0.1) is 58.4 Å². The van der Waals surface area contributed by atoms with Gasteiger partial charge in [0, 0.05) is 51.0 Å². The predicted molar refractivity (Wildman–Crippen MR) is 317 cm³/mol. The molecule has 3 saturated carbocycles. The smallest absolute Gasteiger partial charge is 0.262 e. The van der Waals surface area contributed by atoms with Crippen molar-refractivity contribution in [1.82, 2.24) is 80.7 Å². The summed E-state index contributed by atoms with van der Waals surface area (Å²) in [5.41, 5.74) is 24.7. The first-order valence-corrected chi connectivity index (χ1v) is 29.1. The molecule has 39 nitrogen and oxygen atoms in total. The van der Waals surface area contributed by atoms with E-state index in [2.05, 4.69) is 76.1 Å². The van der Waals surface area contributed by atoms with E-state index in [0.29, 0.717) is 75.0 Å². The number of hydrogen-bond donors (Lipinski definition) is 26. The van der Waals surface area contributed by atoms with Crippen LogP contribution in [0.3, 0.4) is 0 Å². The van der Waals surface area contributed by atoms with Crippen LogP contribution in [0.1, 0.15) is 28.5 Å². The number of aromatic nitrogens is 12. The van der Waals surface area contributed by atoms with Gasteiger partial charge in [-0.3, -0.25) is 39.1 Å². The van der Waals surface area contributed by atoms with Crippen molar-refractivity contribution in [3.63, 3.8) is 0 Å². The zero-order chi connectivity index (χ0) is 65.0. The van der Waals surface area contributed by atoms with E-state index in [1.54, 1.807) is 24.7 Å². The number of nitrogens with two attached hydrogens (primary N) is 4. The molecular formula is C53H68N20O19. The van der Waals surface area contributed by atoms with Gasteiger partial charge in [0.2, 0.25) is 23.8 Å². The molecular weight excluding hydrogens is 1220 g/mol. The van der Waals surface area contributed by atoms with Gasteiger partial charge in [-0.05, 0) is 22.3 Å². The highest BCUT2D eigenvalue weighted by Gasteiger charge is 2.63. The summed E-state index contributed by atoms with van der Waals surface area (Å²) in [6.07, 6.45) is -3.69. The second kappa shape index (κ2) is 24.4. The van der Waals surface area contributed by atoms with Crippen molar-refractivity contribution in [2.75, 3.05) is 29.5 Å². The molecule has 8 aromatic rings. The molecule has 4 saturated heterocycles. The number of ether oxygens (including phenoxy) is 4. The van der Waals surface area contributed by atoms with Gasteiger partial charge in [-0.15, -0.1) is 0 Å². The van der Waals surface area contributed by atoms with Crippen LogP contribution in [0.4, 0.5) is 23.8 Å². The van der Waals surface area contributed by atoms with Crippen molar-refractivity contribution in [2.45, 2.75) is 160 Å². The van der Waals surface area contributed by atoms with Crippen LogP contribution in [0.25, 0.3) is 44.1 Å². The molecule has 92 heavy (non-hydrogen) atoms. The molecule has 39 heteroatoms. The molecule has 4 aliphatic heterocycles. The second-order valence-corrected chi connectivity index (χ2v) is 23.5. The molecule has 0 bridgehead atoms. The van der Waals surface area contributed by atoms with Gasteiger partial charge in [-0.2, -0.15) is 19.9 Å². The van der Waals surface area contributed by atoms with Gasteiger partial charge in [0.25, 0.3) is 22.2 Å². The van der Waals surface area contributed by atoms with E-state index in [9.17, 15) is 75.3 Å². The van der Waals surface area contributed by atoms with E-state index in [1.165, 1.54) is 16.8 Å². The molecule has 7 fully saturated rings. The van der Waals surface area contributed by atoms with Crippen LogP contribution < -0.4 is 66.4 Å². The first kappa shape index (κ1) is 62.7. The van der Waals surface area contributed by atoms with Crippen molar-refractivity contribution in [3.8, 4) is 0 Å². The predicted octanol–water partition coefficient (Wildman–Crippen LogP) is -9.95. The monoisotopic (exact) mass is 1290 g/mol. The van der Waals surface area contributed by atoms with E-state index in [-0.39, 0.29) is 113 Å². The quantitative estimate of drug-likeness (QED) is 0.0355. The largest absolute Gasteiger partial charge is 0.394 e. The Morgan fingerprint density at radius 2 is 0.815 bits per heavy atom. The molecule has 0 radical (unpaired) electrons. The third-order valence-electron chi connectivity index (χ3n) is 17.8. The zero-order valence-electron chi connectivity index (χ0n) is 47.9. The molecule has 30 N–H and O–H groups in total. The Morgan fingerprint density at radius 1 is 0.435 bits per heavy atom. The Kier molecular flexibility index (Phi) is 16.6. The summed E-state index contributed by atoms with van der Waals surface area (Å²) in [6.45, 7) is 0.666. The van der Waals surface area contributed by atoms with Gasteiger partial charge in [-0.25, -0.2) is 0 Å². The normalized spacial score (nSPS) is 34.3. The summed E-state index contributed by atoms with van der Waals surface area (Å²) < 4.78 is 22.7. The standard InChI is InChI=1S/C17H23N5O7.3C12H15N5O4/c18-17-20-14-10(15(28)21-17)6(3-19-7-1-2-8(24)11(7)25)4-22(14)16-13(27)12(26)9(5-23)29-16;3*13-12-16-10-4(11(20)17-12)3(2-15-10)1-14-5-6(18)7(19)9-8(5)21-9/h1-2,4,7-9,11-13,16,19,23-27H,3,5H2,(H3,18,20,21,28);3*2,5-9,14,18-19H,1H2,(H4,13,15,16,17,20)/t;5?,6-,7-,8-,9+;5-,6-,7-,8-,9+;/m.01./s1. The maximum atomic E-state index is 12.5. The first-order chi connectivity index (χ1) is 44.0. The average Bonchev–Trinajstić information content (AvgIpc) is 1.60. The van der Waals surface area contributed by atoms with Crippen LogP contribution in [0.15, 0.2) is 56.1 Å². The van der Waals surface area contributed by atoms with Gasteiger partial charge < -0.3 is 139 Å². The third kappa shape index (κ3) is 11.5. The molecule has 8 aromatic heterocycles. The SMILES string of the molecule is Nc1nc2[nH]cc(CNC3C(O)C(O)C4OC34)c2c(=O)[nH]1.Nc1nc2[nH]cc(CNC3[C@H](O)[C@H](O)[C@H]4O[C@@H]34)c2c(=O)[nH]1.Nc1nc2[nH]cc(CN[C@@H]3[C@@H](O)[C@@H](O)[C@@H]4O[C@H]34)c2c(=O)[nH]1.Nc1nc2c(c(CNC3C=CC(O)C3O)cn2C2OC(CO)C(O)C2O)c(=O)[nH]1. The van der Waals surface area contributed by atoms with Gasteiger partial charge in [-0.1, -0.05) is 12.2 Å². The van der Waals surface area contributed by atoms with Crippen LogP contribution in [-0.2, 0) is 45.1 Å². The number of nitrogens with zero attached hydrogens (tertiary/aromatic N) is 5. The number of epoxide rings is 3. The number of nitrogens with one attached hydrogen (secondary N) is 11. The molecule has 8 aliphatic rings. The van der Waals surface area contributed by atoms with Crippen molar-refractivity contribution < 1.29 is 75.1 Å². The van der Waals surface area contributed by atoms with Crippen molar-refractivity contribution in [2.24, 2.45) is 0 Å². The minimum Gasteiger partial charge on any atom is -0.394 e. The van der Waals surface area contributed by atoms with E-state index in [1.807, 2.05) is 0 Å². The lowest BCUT2D eigenvalue weighted by Gasteiger charge is -2.20. The summed E-state index contributed by atoms with van der Waals surface area (Å²) in [5, 5.41) is 122. The molecule has 0 aromatic carbocycles. The van der Waals surface area contributed by atoms with Crippen LogP contribution in [0.2, 0.25) is 0 Å². The molecule has 13 unspecified atom stereocenters. The Morgan fingerprint density at radius 3 is 1.16 bits per heavy atom. The van der Waals surface area contributed by atoms with E-state index >= 15 is 0 Å². The van der Waals surface area contributed by atoms with Crippen LogP contribution in [-0.4, -0.2) is 250 Å². The molecule has 494 valence electrons. The summed E-state index contributed by atoms with van der Waals surface area (Å²) in [5.74, 6) is 0.0256. The lowest BCUT2D eigenvalue weighted by molar-refractivity contribution is -0.0509. The highest BCUT2D eigenvalue weighted by Crippen LogP contribution is 2.42. The van der Waals surface area contributed by atoms with E-state index in [4.69, 9.17) is 41.9 Å². The lowest BCUT2D eigenvalue weighted by atomic mass is 10.1. The number of nitrogen functional groups attached to an aromatic ring is 4. The van der Waals surface area contributed by atoms with Crippen molar-refractivity contribution in [1.29, 1.82) is 0 Å². The number of aliphatic hydroxyl groups is 11. The zero-order valence-corrected chi connectivity index (χ0v) is 47.9. The minimum atomic E-state index is -1.36. The second-order valence-electron chi connectivity index (χ2n) is 23.5.